The lowest BCUT2D eigenvalue weighted by Crippen LogP contribution is -2.70. The molecule has 7 atom stereocenters. The van der Waals surface area contributed by atoms with Crippen molar-refractivity contribution in [3.8, 4) is 0 Å². The van der Waals surface area contributed by atoms with Crippen molar-refractivity contribution >= 4 is 53.2 Å². The first-order chi connectivity index (χ1) is 30.9. The summed E-state index contributed by atoms with van der Waals surface area (Å²) in [7, 11) is 0. The molecule has 23 N–H and O–H groups in total. The van der Waals surface area contributed by atoms with E-state index in [1.165, 1.54) is 6.33 Å². The van der Waals surface area contributed by atoms with Gasteiger partial charge in [-0.1, -0.05) is 13.8 Å². The lowest BCUT2D eigenvalue weighted by atomic mass is 10.0. The third kappa shape index (κ3) is 23.7. The fraction of sp³-hybridized carbons (Fsp3) is 0.700. The van der Waals surface area contributed by atoms with Crippen molar-refractivity contribution < 1.29 is 76.3 Å². The predicted octanol–water partition coefficient (Wildman–Crippen LogP) is -9.12. The molecular weight excluding hydrogens is 853 g/mol. The van der Waals surface area contributed by atoms with E-state index >= 15 is 0 Å². The number of hydrogen-bond acceptors (Lipinski definition) is 12. The van der Waals surface area contributed by atoms with Gasteiger partial charge in [0.1, 0.15) is 30.2 Å². The fourth-order valence-corrected chi connectivity index (χ4v) is 6.48. The van der Waals surface area contributed by atoms with Crippen LogP contribution in [0.25, 0.3) is 0 Å². The number of carbonyl (C=O) groups is 9. The van der Waals surface area contributed by atoms with E-state index < -0.39 is 109 Å². The third-order valence-electron chi connectivity index (χ3n) is 10.1. The lowest BCUT2D eigenvalue weighted by Gasteiger charge is -2.27. The summed E-state index contributed by atoms with van der Waals surface area (Å²) < 4.78 is 0. The number of nitrogens with zero attached hydrogens (tertiary/aromatic N) is 1. The van der Waals surface area contributed by atoms with Crippen LogP contribution < -0.4 is 71.0 Å². The summed E-state index contributed by atoms with van der Waals surface area (Å²) in [5.41, 5.74) is 21.1. The number of carboxylic acids is 1. The average molecular weight is 928 g/mol. The molecule has 1 heterocycles. The van der Waals surface area contributed by atoms with Gasteiger partial charge in [0.2, 0.25) is 41.4 Å². The predicted molar refractivity (Wildman–Crippen MR) is 228 cm³/mol. The van der Waals surface area contributed by atoms with Crippen LogP contribution in [0.3, 0.4) is 0 Å². The quantitative estimate of drug-likeness (QED) is 0.0282. The van der Waals surface area contributed by atoms with Gasteiger partial charge in [0.05, 0.1) is 57.5 Å². The summed E-state index contributed by atoms with van der Waals surface area (Å²) >= 11 is 0. The molecule has 0 bridgehead atoms. The summed E-state index contributed by atoms with van der Waals surface area (Å²) in [4.78, 5) is 123. The molecule has 0 aliphatic rings. The summed E-state index contributed by atoms with van der Waals surface area (Å²) in [6, 6.07) is -8.60. The van der Waals surface area contributed by atoms with E-state index in [0.717, 1.165) is 0 Å². The number of quaternary nitrogens is 4. The maximum Gasteiger partial charge on any atom is 0.279 e. The monoisotopic (exact) mass is 928 g/mol. The van der Waals surface area contributed by atoms with E-state index in [1.807, 2.05) is 13.8 Å². The molecule has 0 aliphatic carbocycles. The highest BCUT2D eigenvalue weighted by molar-refractivity contribution is 5.97. The molecule has 0 saturated carbocycles. The molecular formula is C40H75N14O11+3. The number of aliphatic carboxylic acids is 1. The number of carbonyl (C=O) groups excluding carboxylic acids is 9. The van der Waals surface area contributed by atoms with Crippen molar-refractivity contribution in [1.82, 2.24) is 47.2 Å². The number of rotatable bonds is 35. The number of unbranched alkanes of at least 4 members (excludes halogenated alkanes) is 3. The number of carboxylic acid groups (broad SMARTS) is 1. The highest BCUT2D eigenvalue weighted by atomic mass is 16.4. The number of nitrogens with one attached hydrogen (secondary N) is 8. The molecule has 1 aromatic rings. The molecule has 0 radical (unpaired) electrons. The second-order valence-corrected chi connectivity index (χ2v) is 16.3. The maximum atomic E-state index is 13.8. The number of primary amides is 1. The van der Waals surface area contributed by atoms with Gasteiger partial charge in [0.15, 0.2) is 6.04 Å². The van der Waals surface area contributed by atoms with Crippen molar-refractivity contribution in [2.45, 2.75) is 140 Å². The second kappa shape index (κ2) is 32.0. The molecule has 0 aromatic carbocycles. The highest BCUT2D eigenvalue weighted by Crippen LogP contribution is 2.10. The molecule has 0 saturated heterocycles. The fourth-order valence-electron chi connectivity index (χ4n) is 6.48. The van der Waals surface area contributed by atoms with Gasteiger partial charge in [-0.15, -0.1) is 0 Å². The normalized spacial score (nSPS) is 14.3. The number of hydrogen-bond donors (Lipinski definition) is 14. The molecule has 0 fully saturated rings. The molecule has 65 heavy (non-hydrogen) atoms. The summed E-state index contributed by atoms with van der Waals surface area (Å²) in [6.07, 6.45) is 6.24. The molecule has 368 valence electrons. The van der Waals surface area contributed by atoms with Crippen LogP contribution in [0.4, 0.5) is 0 Å². The smallest absolute Gasteiger partial charge is 0.279 e. The topological polar surface area (TPSA) is 446 Å². The molecule has 25 heteroatoms. The lowest BCUT2D eigenvalue weighted by molar-refractivity contribution is -0.403. The maximum absolute atomic E-state index is 13.8. The Hall–Kier alpha value is -5.76. The zero-order valence-corrected chi connectivity index (χ0v) is 37.9. The summed E-state index contributed by atoms with van der Waals surface area (Å²) in [5, 5.41) is 39.4. The molecule has 0 aliphatic heterocycles. The number of aliphatic hydroxyl groups excluding tert-OH is 1. The van der Waals surface area contributed by atoms with Crippen molar-refractivity contribution in [3.63, 3.8) is 0 Å². The third-order valence-corrected chi connectivity index (χ3v) is 10.1. The highest BCUT2D eigenvalue weighted by Gasteiger charge is 2.33. The first-order valence-electron chi connectivity index (χ1n) is 22.2. The van der Waals surface area contributed by atoms with Crippen LogP contribution in [0.2, 0.25) is 0 Å². The largest absolute Gasteiger partial charge is 0.548 e. The van der Waals surface area contributed by atoms with Crippen molar-refractivity contribution in [2.24, 2.45) is 11.7 Å². The minimum atomic E-state index is -1.66. The van der Waals surface area contributed by atoms with E-state index in [2.05, 4.69) is 70.1 Å². The first kappa shape index (κ1) is 57.3. The van der Waals surface area contributed by atoms with Gasteiger partial charge < -0.3 is 85.9 Å². The van der Waals surface area contributed by atoms with E-state index in [9.17, 15) is 53.4 Å². The van der Waals surface area contributed by atoms with Crippen LogP contribution in [-0.4, -0.2) is 143 Å². The van der Waals surface area contributed by atoms with Crippen LogP contribution in [0, 0.1) is 5.92 Å². The second-order valence-electron chi connectivity index (χ2n) is 16.3. The van der Waals surface area contributed by atoms with Gasteiger partial charge in [-0.05, 0) is 76.5 Å². The Morgan fingerprint density at radius 1 is 0.662 bits per heavy atom. The Labute approximate surface area is 378 Å². The average Bonchev–Trinajstić information content (AvgIpc) is 3.77. The van der Waals surface area contributed by atoms with E-state index in [4.69, 9.17) is 5.73 Å². The Balaban J connectivity index is 3.19. The van der Waals surface area contributed by atoms with E-state index in [-0.39, 0.29) is 50.9 Å². The number of imidazole rings is 1. The number of nitrogens with two attached hydrogens (primary N) is 1. The number of aromatic nitrogens is 2. The number of aliphatic hydroxyl groups is 1. The van der Waals surface area contributed by atoms with Crippen molar-refractivity contribution in [2.75, 3.05) is 32.8 Å². The van der Waals surface area contributed by atoms with Crippen LogP contribution in [0.5, 0.6) is 0 Å². The Morgan fingerprint density at radius 2 is 1.12 bits per heavy atom. The number of H-pyrrole nitrogens is 1. The zero-order chi connectivity index (χ0) is 48.9. The van der Waals surface area contributed by atoms with Gasteiger partial charge in [-0.3, -0.25) is 38.4 Å². The van der Waals surface area contributed by atoms with Crippen LogP contribution in [0.15, 0.2) is 12.5 Å². The van der Waals surface area contributed by atoms with E-state index in [0.29, 0.717) is 63.9 Å². The first-order valence-corrected chi connectivity index (χ1v) is 22.2. The molecule has 1 rings (SSSR count). The zero-order valence-electron chi connectivity index (χ0n) is 37.9. The van der Waals surface area contributed by atoms with Gasteiger partial charge in [0.25, 0.3) is 5.91 Å². The van der Waals surface area contributed by atoms with Crippen LogP contribution in [0.1, 0.15) is 96.6 Å². The minimum absolute atomic E-state index is 0.0376. The summed E-state index contributed by atoms with van der Waals surface area (Å²) in [6.45, 7) is 3.75. The van der Waals surface area contributed by atoms with Gasteiger partial charge in [-0.25, -0.2) is 4.98 Å². The van der Waals surface area contributed by atoms with Gasteiger partial charge in [0, 0.05) is 18.3 Å². The van der Waals surface area contributed by atoms with Crippen molar-refractivity contribution in [3.05, 3.63) is 18.2 Å². The molecule has 25 nitrogen and oxygen atoms in total. The minimum Gasteiger partial charge on any atom is -0.548 e. The van der Waals surface area contributed by atoms with Gasteiger partial charge >= 0.3 is 0 Å². The number of amides is 8. The van der Waals surface area contributed by atoms with Crippen LogP contribution >= 0.6 is 0 Å². The molecule has 8 amide bonds. The van der Waals surface area contributed by atoms with E-state index in [1.54, 1.807) is 6.20 Å². The molecule has 0 spiro atoms. The Kier molecular flexibility index (Phi) is 28.2. The number of aromatic amines is 1. The molecule has 0 unspecified atom stereocenters. The van der Waals surface area contributed by atoms with Crippen molar-refractivity contribution in [1.29, 1.82) is 0 Å². The summed E-state index contributed by atoms with van der Waals surface area (Å²) in [5.74, 6) is -7.82. The standard InChI is InChI=1S/C40H72N14O11/c1-23(2)17-30(53-34(58)25(44)18-24-19-46-22-48-24)38(62)51-28(11-5-8-16-43)37(61)54-31(21-55)39(63)52-27(10-4-7-15-42)36(60)50-26(9-3-6-14-41)35(59)47-20-33(57)49-29(40(64)65)12-13-32(45)56/h19,22-23,25-31,55H,3-18,20-21,41-44H2,1-2H3,(H2,45,56)(H,46,48)(H,47,59)(H,49,57)(H,50,60)(H,51,62)(H,52,63)(H,53,58)(H,54,61)(H,64,65)/p+3/t25-,26-,27-,28-,29-,30-,31-/m0/s1. The van der Waals surface area contributed by atoms with Crippen LogP contribution in [-0.2, 0) is 49.6 Å². The Morgan fingerprint density at radius 3 is 1.55 bits per heavy atom. The Bertz CT molecular complexity index is 1670. The SMILES string of the molecule is CC(C)C[C@H](NC(=O)[C@@H]([NH3+])Cc1cnc[nH]1)C(=O)N[C@@H](CCCC[NH3+])C(=O)N[C@@H](CO)C(=O)N[C@@H](CCCC[NH3+])C(=O)N[C@@H](CCCC[NH3+])C(=O)NCC(=O)N[C@@H](CCC(N)=O)C(=O)[O-]. The molecule has 1 aromatic heterocycles. The van der Waals surface area contributed by atoms with Gasteiger partial charge in [-0.2, -0.15) is 0 Å².